The third-order valence-electron chi connectivity index (χ3n) is 7.20. The third-order valence-corrected chi connectivity index (χ3v) is 7.63. The summed E-state index contributed by atoms with van der Waals surface area (Å²) in [6, 6.07) is 2.32. The minimum Gasteiger partial charge on any atom is -0.481 e. The normalized spacial score (nSPS) is 21.8. The molecule has 2 heterocycles. The highest BCUT2D eigenvalue weighted by Gasteiger charge is 2.44. The van der Waals surface area contributed by atoms with E-state index in [4.69, 9.17) is 9.47 Å². The predicted molar refractivity (Wildman–Crippen MR) is 135 cm³/mol. The number of hydrogen-bond acceptors (Lipinski definition) is 4. The Morgan fingerprint density at radius 3 is 2.28 bits per heavy atom. The average molecular weight is 621 g/mol. The lowest BCUT2D eigenvalue weighted by atomic mass is 9.73. The Hall–Kier alpha value is -2.76. The van der Waals surface area contributed by atoms with E-state index < -0.39 is 41.7 Å². The zero-order valence-electron chi connectivity index (χ0n) is 21.6. The van der Waals surface area contributed by atoms with Gasteiger partial charge < -0.3 is 9.47 Å². The van der Waals surface area contributed by atoms with Crippen LogP contribution in [0.25, 0.3) is 5.57 Å². The number of ether oxygens (including phenoxy) is 2. The van der Waals surface area contributed by atoms with Gasteiger partial charge in [0.25, 0.3) is 0 Å². The van der Waals surface area contributed by atoms with Crippen LogP contribution in [0.2, 0.25) is 0 Å². The van der Waals surface area contributed by atoms with Gasteiger partial charge in [0, 0.05) is 22.8 Å². The maximum absolute atomic E-state index is 13.4. The maximum Gasteiger partial charge on any atom is 0.416 e. The largest absolute Gasteiger partial charge is 0.481 e. The summed E-state index contributed by atoms with van der Waals surface area (Å²) in [4.78, 5) is 18.7. The molecule has 0 spiro atoms. The molecule has 1 aliphatic heterocycles. The van der Waals surface area contributed by atoms with E-state index in [1.54, 1.807) is 13.1 Å². The standard InChI is InChI=1S/C27H27BrF6N2O3/c1-14-22(15-7-17(26(29,30)31)9-18(8-15)27(32,33)34)39-24(37)36(14)13-16-11-25(2,3)6-5-20(16)21-10-19(28)12-35-23(21)38-4/h7-10,12,14,22H,5-6,11,13H2,1-4H3/t14-,22-/m0/s1. The number of pyridine rings is 1. The highest BCUT2D eigenvalue weighted by Crippen LogP contribution is 2.46. The molecule has 4 rings (SSSR count). The summed E-state index contributed by atoms with van der Waals surface area (Å²) in [6.07, 6.45) is -8.41. The number of halogens is 7. The summed E-state index contributed by atoms with van der Waals surface area (Å²) in [5.74, 6) is 0.406. The van der Waals surface area contributed by atoms with Crippen molar-refractivity contribution >= 4 is 27.6 Å². The second kappa shape index (κ2) is 10.3. The smallest absolute Gasteiger partial charge is 0.416 e. The zero-order chi connectivity index (χ0) is 28.9. The van der Waals surface area contributed by atoms with Crippen molar-refractivity contribution in [3.63, 3.8) is 0 Å². The Balaban J connectivity index is 1.73. The lowest BCUT2D eigenvalue weighted by Gasteiger charge is -2.35. The average Bonchev–Trinajstić information content (AvgIpc) is 3.10. The van der Waals surface area contributed by atoms with E-state index in [2.05, 4.69) is 34.8 Å². The van der Waals surface area contributed by atoms with Crippen LogP contribution in [-0.4, -0.2) is 35.7 Å². The van der Waals surface area contributed by atoms with Gasteiger partial charge in [-0.2, -0.15) is 26.3 Å². The number of nitrogens with zero attached hydrogens (tertiary/aromatic N) is 2. The van der Waals surface area contributed by atoms with Gasteiger partial charge in [-0.05, 0) is 88.5 Å². The molecule has 1 fully saturated rings. The lowest BCUT2D eigenvalue weighted by Crippen LogP contribution is -2.35. The number of rotatable bonds is 5. The van der Waals surface area contributed by atoms with Crippen LogP contribution in [0, 0.1) is 5.41 Å². The zero-order valence-corrected chi connectivity index (χ0v) is 23.2. The quantitative estimate of drug-likeness (QED) is 0.315. The van der Waals surface area contributed by atoms with Crippen molar-refractivity contribution in [3.05, 3.63) is 62.8 Å². The van der Waals surface area contributed by atoms with Crippen molar-refractivity contribution < 1.29 is 40.6 Å². The topological polar surface area (TPSA) is 51.7 Å². The molecule has 0 N–H and O–H groups in total. The van der Waals surface area contributed by atoms with Crippen molar-refractivity contribution in [1.82, 2.24) is 9.88 Å². The highest BCUT2D eigenvalue weighted by atomic mass is 79.9. The maximum atomic E-state index is 13.4. The molecule has 0 unspecified atom stereocenters. The van der Waals surface area contributed by atoms with Crippen molar-refractivity contribution in [1.29, 1.82) is 0 Å². The Labute approximate surface area is 230 Å². The van der Waals surface area contributed by atoms with Crippen LogP contribution in [0.5, 0.6) is 5.88 Å². The summed E-state index contributed by atoms with van der Waals surface area (Å²) >= 11 is 3.43. The summed E-state index contributed by atoms with van der Waals surface area (Å²) in [5.41, 5.74) is -0.792. The minimum absolute atomic E-state index is 0.0588. The number of alkyl halides is 6. The molecule has 1 amide bonds. The van der Waals surface area contributed by atoms with Crippen LogP contribution in [0.3, 0.4) is 0 Å². The molecular weight excluding hydrogens is 594 g/mol. The molecule has 1 aromatic heterocycles. The summed E-state index contributed by atoms with van der Waals surface area (Å²) in [6.45, 7) is 5.83. The summed E-state index contributed by atoms with van der Waals surface area (Å²) < 4.78 is 92.2. The molecule has 2 aromatic rings. The van der Waals surface area contributed by atoms with Crippen LogP contribution < -0.4 is 4.74 Å². The first-order valence-corrected chi connectivity index (χ1v) is 13.0. The molecule has 5 nitrogen and oxygen atoms in total. The number of cyclic esters (lactones) is 1. The molecule has 0 radical (unpaired) electrons. The van der Waals surface area contributed by atoms with Crippen LogP contribution in [0.15, 0.2) is 40.5 Å². The molecule has 2 atom stereocenters. The number of methoxy groups -OCH3 is 1. The first-order valence-electron chi connectivity index (χ1n) is 12.2. The Morgan fingerprint density at radius 2 is 1.72 bits per heavy atom. The molecule has 0 bridgehead atoms. The molecule has 212 valence electrons. The Bertz CT molecular complexity index is 1270. The number of hydrogen-bond donors (Lipinski definition) is 0. The molecule has 12 heteroatoms. The first-order chi connectivity index (χ1) is 18.0. The number of allylic oxidation sites excluding steroid dienone is 1. The SMILES string of the molecule is COc1ncc(Br)cc1C1=C(CN2C(=O)O[C@H](c3cc(C(F)(F)F)cc(C(F)(F)F)c3)[C@@H]2C)CC(C)(C)CC1. The van der Waals surface area contributed by atoms with Crippen LogP contribution in [0.1, 0.15) is 68.4 Å². The van der Waals surface area contributed by atoms with Crippen molar-refractivity contribution in [2.75, 3.05) is 13.7 Å². The number of amides is 1. The van der Waals surface area contributed by atoms with Gasteiger partial charge in [-0.3, -0.25) is 4.90 Å². The third kappa shape index (κ3) is 6.20. The summed E-state index contributed by atoms with van der Waals surface area (Å²) in [5, 5.41) is 0. The molecule has 1 aliphatic carbocycles. The van der Waals surface area contributed by atoms with Gasteiger partial charge in [-0.25, -0.2) is 9.78 Å². The van der Waals surface area contributed by atoms with Gasteiger partial charge in [0.15, 0.2) is 0 Å². The van der Waals surface area contributed by atoms with E-state index in [1.165, 1.54) is 12.0 Å². The molecule has 2 aliphatic rings. The second-order valence-electron chi connectivity index (χ2n) is 10.6. The monoisotopic (exact) mass is 620 g/mol. The number of aromatic nitrogens is 1. The fourth-order valence-corrected chi connectivity index (χ4v) is 5.53. The van der Waals surface area contributed by atoms with Crippen LogP contribution in [0.4, 0.5) is 31.1 Å². The molecule has 1 saturated heterocycles. The number of carbonyl (C=O) groups is 1. The van der Waals surface area contributed by atoms with E-state index >= 15 is 0 Å². The molecule has 0 saturated carbocycles. The fourth-order valence-electron chi connectivity index (χ4n) is 5.20. The van der Waals surface area contributed by atoms with Crippen LogP contribution in [-0.2, 0) is 17.1 Å². The van der Waals surface area contributed by atoms with Gasteiger partial charge >= 0.3 is 18.4 Å². The van der Waals surface area contributed by atoms with Gasteiger partial charge in [0.2, 0.25) is 5.88 Å². The van der Waals surface area contributed by atoms with E-state index in [0.717, 1.165) is 27.6 Å². The van der Waals surface area contributed by atoms with Crippen molar-refractivity contribution in [2.24, 2.45) is 5.41 Å². The molecule has 39 heavy (non-hydrogen) atoms. The van der Waals surface area contributed by atoms with E-state index in [-0.39, 0.29) is 23.6 Å². The first kappa shape index (κ1) is 29.2. The highest BCUT2D eigenvalue weighted by molar-refractivity contribution is 9.10. The van der Waals surface area contributed by atoms with Crippen molar-refractivity contribution in [3.8, 4) is 5.88 Å². The van der Waals surface area contributed by atoms with Gasteiger partial charge in [-0.1, -0.05) is 13.8 Å². The molecular formula is C27H27BrF6N2O3. The Morgan fingerprint density at radius 1 is 1.10 bits per heavy atom. The number of carbonyl (C=O) groups excluding carboxylic acids is 1. The Kier molecular flexibility index (Phi) is 7.74. The van der Waals surface area contributed by atoms with Crippen LogP contribution >= 0.6 is 15.9 Å². The van der Waals surface area contributed by atoms with Gasteiger partial charge in [0.1, 0.15) is 6.10 Å². The van der Waals surface area contributed by atoms with E-state index in [1.807, 2.05) is 6.07 Å². The van der Waals surface area contributed by atoms with E-state index in [9.17, 15) is 31.1 Å². The lowest BCUT2D eigenvalue weighted by molar-refractivity contribution is -0.143. The van der Waals surface area contributed by atoms with Crippen molar-refractivity contribution in [2.45, 2.75) is 64.5 Å². The van der Waals surface area contributed by atoms with E-state index in [0.29, 0.717) is 30.9 Å². The predicted octanol–water partition coefficient (Wildman–Crippen LogP) is 8.44. The summed E-state index contributed by atoms with van der Waals surface area (Å²) in [7, 11) is 1.50. The van der Waals surface area contributed by atoms with Gasteiger partial charge in [0.05, 0.1) is 24.3 Å². The fraction of sp³-hybridized carbons (Fsp3) is 0.481. The molecule has 1 aromatic carbocycles. The minimum atomic E-state index is -5.01. The second-order valence-corrected chi connectivity index (χ2v) is 11.6. The van der Waals surface area contributed by atoms with Gasteiger partial charge in [-0.15, -0.1) is 0 Å². The number of benzene rings is 1.